The van der Waals surface area contributed by atoms with Crippen LogP contribution < -0.4 is 5.73 Å². The second-order valence-electron chi connectivity index (χ2n) is 7.15. The molecule has 1 unspecified atom stereocenters. The van der Waals surface area contributed by atoms with E-state index in [2.05, 4.69) is 21.5 Å². The average Bonchev–Trinajstić information content (AvgIpc) is 3.13. The zero-order valence-electron chi connectivity index (χ0n) is 19.1. The van der Waals surface area contributed by atoms with Crippen molar-refractivity contribution in [3.63, 3.8) is 0 Å². The molecule has 0 spiro atoms. The lowest BCUT2D eigenvalue weighted by molar-refractivity contribution is -0.109. The van der Waals surface area contributed by atoms with Crippen LogP contribution in [0.1, 0.15) is 27.7 Å². The summed E-state index contributed by atoms with van der Waals surface area (Å²) in [4.78, 5) is 23.4. The molecule has 2 aromatic heterocycles. The van der Waals surface area contributed by atoms with Gasteiger partial charge in [-0.25, -0.2) is 15.0 Å². The first kappa shape index (κ1) is 27.1. The second-order valence-corrected chi connectivity index (χ2v) is 10.4. The van der Waals surface area contributed by atoms with E-state index in [9.17, 15) is 9.36 Å². The first-order chi connectivity index (χ1) is 15.6. The lowest BCUT2D eigenvalue weighted by atomic mass is 10.4. The molecule has 184 valence electrons. The topological polar surface area (TPSA) is 150 Å². The van der Waals surface area contributed by atoms with Crippen molar-refractivity contribution in [3.05, 3.63) is 25.2 Å². The fraction of sp³-hybridized carbons (Fsp3) is 0.579. The largest absolute Gasteiger partial charge is 0.463 e. The van der Waals surface area contributed by atoms with Crippen LogP contribution in [-0.4, -0.2) is 62.3 Å². The molecule has 0 aromatic carbocycles. The quantitative estimate of drug-likeness (QED) is 0.165. The molecular weight excluding hydrogens is 473 g/mol. The van der Waals surface area contributed by atoms with Crippen molar-refractivity contribution in [2.24, 2.45) is 0 Å². The van der Waals surface area contributed by atoms with E-state index >= 15 is 0 Å². The molecule has 0 radical (unpaired) electrons. The van der Waals surface area contributed by atoms with E-state index < -0.39 is 20.5 Å². The molecule has 0 bridgehead atoms. The molecule has 0 saturated heterocycles. The number of imidazole rings is 1. The number of hydrogen-bond donors (Lipinski definition) is 1. The van der Waals surface area contributed by atoms with Gasteiger partial charge in [0.1, 0.15) is 18.2 Å². The smallest absolute Gasteiger partial charge is 0.359 e. The average molecular weight is 504 g/mol. The minimum Gasteiger partial charge on any atom is -0.463 e. The number of rotatable bonds is 15. The van der Waals surface area contributed by atoms with Gasteiger partial charge < -0.3 is 29.0 Å². The molecule has 33 heavy (non-hydrogen) atoms. The van der Waals surface area contributed by atoms with Gasteiger partial charge in [-0.2, -0.15) is 0 Å². The number of fused-ring (bicyclic) bond motifs is 1. The molecule has 0 saturated carbocycles. The van der Waals surface area contributed by atoms with Gasteiger partial charge in [-0.15, -0.1) is 0 Å². The van der Waals surface area contributed by atoms with Gasteiger partial charge in [0, 0.05) is 12.7 Å². The lowest BCUT2D eigenvalue weighted by Gasteiger charge is -2.21. The minimum absolute atomic E-state index is 0.0328. The van der Waals surface area contributed by atoms with Crippen LogP contribution in [0.25, 0.3) is 11.2 Å². The van der Waals surface area contributed by atoms with Crippen molar-refractivity contribution >= 4 is 41.5 Å². The van der Waals surface area contributed by atoms with Gasteiger partial charge in [-0.1, -0.05) is 11.8 Å². The number of nitrogens with zero attached hydrogens (tertiary/aromatic N) is 4. The number of anilines is 1. The van der Waals surface area contributed by atoms with Crippen LogP contribution in [0.4, 0.5) is 5.82 Å². The number of carbonyl (C=O) groups is 1. The predicted molar refractivity (Wildman–Crippen MR) is 124 cm³/mol. The van der Waals surface area contributed by atoms with Gasteiger partial charge in [-0.05, 0) is 27.4 Å². The molecule has 0 aliphatic heterocycles. The maximum Gasteiger partial charge on any atom is 0.359 e. The monoisotopic (exact) mass is 503 g/mol. The Morgan fingerprint density at radius 3 is 2.73 bits per heavy atom. The normalized spacial score (nSPS) is 14.2. The Hall–Kier alpha value is -2.18. The summed E-state index contributed by atoms with van der Waals surface area (Å²) < 4.78 is 41.9. The third-order valence-corrected chi connectivity index (χ3v) is 6.23. The molecule has 2 heterocycles. The van der Waals surface area contributed by atoms with Gasteiger partial charge >= 0.3 is 7.60 Å². The van der Waals surface area contributed by atoms with Gasteiger partial charge in [-0.3, -0.25) is 13.9 Å². The third-order valence-electron chi connectivity index (χ3n) is 3.91. The number of ether oxygens (including phenoxy) is 3. The highest BCUT2D eigenvalue weighted by atomic mass is 32.2. The zero-order valence-corrected chi connectivity index (χ0v) is 20.8. The van der Waals surface area contributed by atoms with E-state index in [0.29, 0.717) is 23.5 Å². The van der Waals surface area contributed by atoms with E-state index in [0.717, 1.165) is 11.8 Å². The van der Waals surface area contributed by atoms with Gasteiger partial charge in [0.15, 0.2) is 16.6 Å². The van der Waals surface area contributed by atoms with Crippen molar-refractivity contribution < 1.29 is 32.6 Å². The number of thioether (sulfide) groups is 1. The molecule has 2 rings (SSSR count). The van der Waals surface area contributed by atoms with Crippen molar-refractivity contribution in [3.8, 4) is 0 Å². The molecular formula is C19H30N5O7PS. The number of hydrogen-bond acceptors (Lipinski definition) is 12. The highest BCUT2D eigenvalue weighted by Crippen LogP contribution is 2.48. The Labute approximate surface area is 196 Å². The van der Waals surface area contributed by atoms with Crippen molar-refractivity contribution in [2.75, 3.05) is 31.2 Å². The van der Waals surface area contributed by atoms with Crippen LogP contribution in [0.5, 0.6) is 0 Å². The SMILES string of the molecule is C=C(OCOP(=O)(CO[C@H](C)Cn1cnc2c(N)ncnc21)OCCSC(C)=O)OC(C)C. The minimum atomic E-state index is -3.71. The van der Waals surface area contributed by atoms with Gasteiger partial charge in [0.25, 0.3) is 5.95 Å². The summed E-state index contributed by atoms with van der Waals surface area (Å²) >= 11 is 1.06. The highest BCUT2D eigenvalue weighted by Gasteiger charge is 2.27. The summed E-state index contributed by atoms with van der Waals surface area (Å²) in [6, 6.07) is 0. The fourth-order valence-corrected chi connectivity index (χ4v) is 4.34. The molecule has 14 heteroatoms. The highest BCUT2D eigenvalue weighted by molar-refractivity contribution is 8.13. The first-order valence-electron chi connectivity index (χ1n) is 10.1. The maximum absolute atomic E-state index is 13.2. The van der Waals surface area contributed by atoms with Crippen molar-refractivity contribution in [1.82, 2.24) is 19.5 Å². The number of nitrogens with two attached hydrogens (primary N) is 1. The number of carbonyl (C=O) groups excluding carboxylic acids is 1. The number of aromatic nitrogens is 4. The van der Waals surface area contributed by atoms with E-state index in [1.54, 1.807) is 17.8 Å². The van der Waals surface area contributed by atoms with E-state index in [1.165, 1.54) is 13.3 Å². The Morgan fingerprint density at radius 1 is 1.27 bits per heavy atom. The maximum atomic E-state index is 13.2. The van der Waals surface area contributed by atoms with Crippen LogP contribution >= 0.6 is 19.4 Å². The second kappa shape index (κ2) is 12.9. The van der Waals surface area contributed by atoms with Crippen LogP contribution in [0.2, 0.25) is 0 Å². The third kappa shape index (κ3) is 9.30. The Kier molecular flexibility index (Phi) is 10.6. The Morgan fingerprint density at radius 2 is 2.03 bits per heavy atom. The summed E-state index contributed by atoms with van der Waals surface area (Å²) in [5.74, 6) is 0.640. The molecule has 12 nitrogen and oxygen atoms in total. The van der Waals surface area contributed by atoms with Gasteiger partial charge in [0.05, 0.1) is 31.7 Å². The molecule has 0 aliphatic carbocycles. The molecule has 2 atom stereocenters. The van der Waals surface area contributed by atoms with Crippen LogP contribution in [-0.2, 0) is 39.2 Å². The van der Waals surface area contributed by atoms with Crippen LogP contribution in [0.3, 0.4) is 0 Å². The molecule has 2 aromatic rings. The summed E-state index contributed by atoms with van der Waals surface area (Å²) in [7, 11) is -3.71. The summed E-state index contributed by atoms with van der Waals surface area (Å²) in [5, 5.41) is -0.0679. The molecule has 0 amide bonds. The van der Waals surface area contributed by atoms with E-state index in [1.807, 2.05) is 13.8 Å². The van der Waals surface area contributed by atoms with Crippen molar-refractivity contribution in [2.45, 2.75) is 46.4 Å². The zero-order chi connectivity index (χ0) is 24.4. The molecule has 0 fully saturated rings. The Balaban J connectivity index is 1.93. The first-order valence-corrected chi connectivity index (χ1v) is 12.8. The van der Waals surface area contributed by atoms with Crippen LogP contribution in [0, 0.1) is 0 Å². The molecule has 0 aliphatic rings. The number of nitrogen functional groups attached to an aromatic ring is 1. The van der Waals surface area contributed by atoms with Crippen LogP contribution in [0.15, 0.2) is 25.2 Å². The summed E-state index contributed by atoms with van der Waals surface area (Å²) in [5.41, 5.74) is 6.86. The standard InChI is InChI=1S/C19H30N5O7PS/c1-13(2)31-16(5)27-11-30-32(26,29-6-7-33-15(4)25)12-28-14(3)8-24-10-23-17-18(20)21-9-22-19(17)24/h9-10,13-14H,5-8,11-12H2,1-4H3,(H2,20,21,22)/t14-,32?/m1/s1. The van der Waals surface area contributed by atoms with E-state index in [4.69, 9.17) is 29.0 Å². The van der Waals surface area contributed by atoms with Gasteiger partial charge in [0.2, 0.25) is 6.79 Å². The summed E-state index contributed by atoms with van der Waals surface area (Å²) in [6.07, 6.45) is 2.07. The summed E-state index contributed by atoms with van der Waals surface area (Å²) in [6.45, 7) is 10.5. The van der Waals surface area contributed by atoms with Crippen molar-refractivity contribution in [1.29, 1.82) is 0 Å². The fourth-order valence-electron chi connectivity index (χ4n) is 2.52. The molecule has 2 N–H and O–H groups in total. The predicted octanol–water partition coefficient (Wildman–Crippen LogP) is 3.15. The Bertz CT molecular complexity index is 987. The van der Waals surface area contributed by atoms with E-state index in [-0.39, 0.29) is 35.9 Å². The lowest BCUT2D eigenvalue weighted by Crippen LogP contribution is -2.19.